The Morgan fingerprint density at radius 1 is 1.21 bits per heavy atom. The maximum absolute atomic E-state index is 12.5. The predicted octanol–water partition coefficient (Wildman–Crippen LogP) is -0.186. The molecule has 6 heteroatoms. The maximum atomic E-state index is 12.5. The number of nitrogens with one attached hydrogen (secondary N) is 1. The minimum Gasteiger partial charge on any atom is -0.481 e. The number of carboxylic acids is 1. The van der Waals surface area contributed by atoms with Gasteiger partial charge in [-0.15, -0.1) is 0 Å². The van der Waals surface area contributed by atoms with E-state index in [0.29, 0.717) is 32.5 Å². The third-order valence-corrected chi connectivity index (χ3v) is 4.11. The molecule has 0 spiro atoms. The molecule has 0 aromatic rings. The van der Waals surface area contributed by atoms with Gasteiger partial charge in [0.2, 0.25) is 0 Å². The van der Waals surface area contributed by atoms with Gasteiger partial charge in [0.25, 0.3) is 5.91 Å². The van der Waals surface area contributed by atoms with E-state index < -0.39 is 17.5 Å². The maximum Gasteiger partial charge on any atom is 0.309 e. The predicted molar refractivity (Wildman–Crippen MR) is 68.6 cm³/mol. The Balaban J connectivity index is 2.06. The van der Waals surface area contributed by atoms with Crippen LogP contribution < -0.4 is 5.32 Å². The van der Waals surface area contributed by atoms with Crippen LogP contribution in [0.15, 0.2) is 0 Å². The molecule has 2 fully saturated rings. The zero-order chi connectivity index (χ0) is 13.9. The minimum atomic E-state index is -1.27. The van der Waals surface area contributed by atoms with E-state index in [1.165, 1.54) is 4.90 Å². The summed E-state index contributed by atoms with van der Waals surface area (Å²) in [6, 6.07) is 0. The Morgan fingerprint density at radius 2 is 1.89 bits per heavy atom. The summed E-state index contributed by atoms with van der Waals surface area (Å²) < 4.78 is 0. The molecule has 0 bridgehead atoms. The van der Waals surface area contributed by atoms with Crippen molar-refractivity contribution in [2.24, 2.45) is 5.92 Å². The van der Waals surface area contributed by atoms with E-state index in [4.69, 9.17) is 5.11 Å². The number of hydrogen-bond donors (Lipinski definition) is 3. The van der Waals surface area contributed by atoms with Crippen molar-refractivity contribution in [3.05, 3.63) is 0 Å². The molecule has 0 unspecified atom stereocenters. The van der Waals surface area contributed by atoms with E-state index in [0.717, 1.165) is 19.3 Å². The molecule has 1 saturated carbocycles. The van der Waals surface area contributed by atoms with Crippen LogP contribution in [0, 0.1) is 5.92 Å². The van der Waals surface area contributed by atoms with Crippen molar-refractivity contribution in [2.45, 2.75) is 37.7 Å². The molecule has 3 N–H and O–H groups in total. The lowest BCUT2D eigenvalue weighted by Crippen LogP contribution is -2.52. The zero-order valence-electron chi connectivity index (χ0n) is 11.1. The SMILES string of the molecule is O=C(O)[C@@H]1CNCCN(C(=O)C2(O)CCCCC2)C1. The summed E-state index contributed by atoms with van der Waals surface area (Å²) >= 11 is 0. The molecule has 2 rings (SSSR count). The lowest BCUT2D eigenvalue weighted by molar-refractivity contribution is -0.156. The van der Waals surface area contributed by atoms with Crippen molar-refractivity contribution >= 4 is 11.9 Å². The van der Waals surface area contributed by atoms with Crippen LogP contribution in [-0.2, 0) is 9.59 Å². The van der Waals surface area contributed by atoms with Gasteiger partial charge in [-0.3, -0.25) is 9.59 Å². The summed E-state index contributed by atoms with van der Waals surface area (Å²) in [6.45, 7) is 1.59. The number of aliphatic carboxylic acids is 1. The Kier molecular flexibility index (Phi) is 4.42. The molecule has 19 heavy (non-hydrogen) atoms. The second-order valence-corrected chi connectivity index (χ2v) is 5.58. The molecule has 1 saturated heterocycles. The first-order valence-corrected chi connectivity index (χ1v) is 6.98. The number of nitrogens with zero attached hydrogens (tertiary/aromatic N) is 1. The smallest absolute Gasteiger partial charge is 0.309 e. The third-order valence-electron chi connectivity index (χ3n) is 4.11. The van der Waals surface area contributed by atoms with Crippen LogP contribution in [0.5, 0.6) is 0 Å². The molecule has 1 aliphatic carbocycles. The molecule has 0 radical (unpaired) electrons. The number of rotatable bonds is 2. The van der Waals surface area contributed by atoms with Gasteiger partial charge in [-0.1, -0.05) is 19.3 Å². The van der Waals surface area contributed by atoms with Crippen molar-refractivity contribution < 1.29 is 19.8 Å². The molecule has 1 heterocycles. The van der Waals surface area contributed by atoms with Crippen LogP contribution in [0.3, 0.4) is 0 Å². The van der Waals surface area contributed by atoms with Crippen molar-refractivity contribution in [3.8, 4) is 0 Å². The summed E-state index contributed by atoms with van der Waals surface area (Å²) in [5, 5.41) is 22.6. The summed E-state index contributed by atoms with van der Waals surface area (Å²) in [5.41, 5.74) is -1.27. The molecular formula is C13H22N2O4. The number of hydrogen-bond acceptors (Lipinski definition) is 4. The normalized spacial score (nSPS) is 27.6. The highest BCUT2D eigenvalue weighted by Gasteiger charge is 2.41. The standard InChI is InChI=1S/C13H22N2O4/c16-11(17)10-8-14-6-7-15(9-10)12(18)13(19)4-2-1-3-5-13/h10,14,19H,1-9H2,(H,16,17)/t10-/m1/s1. The van der Waals surface area contributed by atoms with E-state index in [9.17, 15) is 14.7 Å². The van der Waals surface area contributed by atoms with E-state index >= 15 is 0 Å². The van der Waals surface area contributed by atoms with Crippen molar-refractivity contribution in [1.82, 2.24) is 10.2 Å². The fourth-order valence-corrected chi connectivity index (χ4v) is 2.91. The van der Waals surface area contributed by atoms with Crippen molar-refractivity contribution in [2.75, 3.05) is 26.2 Å². The first kappa shape index (κ1) is 14.3. The minimum absolute atomic E-state index is 0.184. The highest BCUT2D eigenvalue weighted by Crippen LogP contribution is 2.30. The van der Waals surface area contributed by atoms with E-state index in [-0.39, 0.29) is 12.5 Å². The largest absolute Gasteiger partial charge is 0.481 e. The molecule has 0 aromatic heterocycles. The van der Waals surface area contributed by atoms with E-state index in [1.807, 2.05) is 0 Å². The Labute approximate surface area is 112 Å². The van der Waals surface area contributed by atoms with Crippen LogP contribution in [0.4, 0.5) is 0 Å². The molecule has 2 aliphatic rings. The lowest BCUT2D eigenvalue weighted by atomic mass is 9.83. The molecule has 1 amide bonds. The Morgan fingerprint density at radius 3 is 2.53 bits per heavy atom. The first-order chi connectivity index (χ1) is 9.03. The molecule has 1 atom stereocenters. The van der Waals surface area contributed by atoms with Crippen molar-refractivity contribution in [3.63, 3.8) is 0 Å². The average molecular weight is 270 g/mol. The van der Waals surface area contributed by atoms with Gasteiger partial charge in [-0.2, -0.15) is 0 Å². The summed E-state index contributed by atoms with van der Waals surface area (Å²) in [5.74, 6) is -1.79. The highest BCUT2D eigenvalue weighted by molar-refractivity contribution is 5.85. The van der Waals surface area contributed by atoms with Crippen LogP contribution in [-0.4, -0.2) is 58.8 Å². The first-order valence-electron chi connectivity index (χ1n) is 6.98. The molecule has 108 valence electrons. The average Bonchev–Trinajstić information content (AvgIpc) is 2.64. The lowest BCUT2D eigenvalue weighted by Gasteiger charge is -2.35. The van der Waals surface area contributed by atoms with Gasteiger partial charge in [-0.25, -0.2) is 0 Å². The van der Waals surface area contributed by atoms with Crippen LogP contribution in [0.2, 0.25) is 0 Å². The van der Waals surface area contributed by atoms with Crippen LogP contribution in [0.25, 0.3) is 0 Å². The monoisotopic (exact) mass is 270 g/mol. The molecule has 0 aromatic carbocycles. The van der Waals surface area contributed by atoms with E-state index in [1.54, 1.807) is 0 Å². The third kappa shape index (κ3) is 3.25. The van der Waals surface area contributed by atoms with Crippen LogP contribution >= 0.6 is 0 Å². The fourth-order valence-electron chi connectivity index (χ4n) is 2.91. The number of carbonyl (C=O) groups is 2. The van der Waals surface area contributed by atoms with Gasteiger partial charge in [0.05, 0.1) is 5.92 Å². The van der Waals surface area contributed by atoms with Gasteiger partial charge in [0.15, 0.2) is 0 Å². The van der Waals surface area contributed by atoms with Crippen LogP contribution in [0.1, 0.15) is 32.1 Å². The second kappa shape index (κ2) is 5.88. The van der Waals surface area contributed by atoms with Gasteiger partial charge in [0, 0.05) is 26.2 Å². The Hall–Kier alpha value is -1.14. The number of amides is 1. The molecular weight excluding hydrogens is 248 g/mol. The van der Waals surface area contributed by atoms with Crippen molar-refractivity contribution in [1.29, 1.82) is 0 Å². The summed E-state index contributed by atoms with van der Waals surface area (Å²) in [6.07, 6.45) is 3.75. The number of carbonyl (C=O) groups excluding carboxylic acids is 1. The molecule has 6 nitrogen and oxygen atoms in total. The van der Waals surface area contributed by atoms with Gasteiger partial charge in [0.1, 0.15) is 5.60 Å². The zero-order valence-corrected chi connectivity index (χ0v) is 11.1. The number of aliphatic hydroxyl groups is 1. The highest BCUT2D eigenvalue weighted by atomic mass is 16.4. The van der Waals surface area contributed by atoms with Gasteiger partial charge < -0.3 is 20.4 Å². The quantitative estimate of drug-likeness (QED) is 0.647. The van der Waals surface area contributed by atoms with Gasteiger partial charge in [-0.05, 0) is 12.8 Å². The Bertz CT molecular complexity index is 353. The number of carboxylic acid groups (broad SMARTS) is 1. The topological polar surface area (TPSA) is 89.9 Å². The second-order valence-electron chi connectivity index (χ2n) is 5.58. The summed E-state index contributed by atoms with van der Waals surface area (Å²) in [4.78, 5) is 25.1. The fraction of sp³-hybridized carbons (Fsp3) is 0.846. The summed E-state index contributed by atoms with van der Waals surface area (Å²) in [7, 11) is 0. The van der Waals surface area contributed by atoms with Gasteiger partial charge >= 0.3 is 5.97 Å². The van der Waals surface area contributed by atoms with E-state index in [2.05, 4.69) is 5.32 Å². The molecule has 1 aliphatic heterocycles.